The van der Waals surface area contributed by atoms with Crippen molar-refractivity contribution in [2.24, 2.45) is 34.5 Å². The maximum absolute atomic E-state index is 13.2. The summed E-state index contributed by atoms with van der Waals surface area (Å²) < 4.78 is 0. The molecule has 1 saturated carbocycles. The molecule has 0 spiro atoms. The van der Waals surface area contributed by atoms with Gasteiger partial charge in [-0.3, -0.25) is 9.59 Å². The molecule has 0 saturated heterocycles. The lowest BCUT2D eigenvalue weighted by molar-refractivity contribution is -0.165. The number of rotatable bonds is 7. The van der Waals surface area contributed by atoms with E-state index in [0.29, 0.717) is 12.8 Å². The highest BCUT2D eigenvalue weighted by Crippen LogP contribution is 2.66. The molecule has 30 heavy (non-hydrogen) atoms. The first-order chi connectivity index (χ1) is 14.3. The summed E-state index contributed by atoms with van der Waals surface area (Å²) in [7, 11) is 0. The number of hydrogen-bond acceptors (Lipinski definition) is 2. The topological polar surface area (TPSA) is 54.4 Å². The first-order valence-electron chi connectivity index (χ1n) is 11.6. The number of hydrogen-bond donors (Lipinski definition) is 1. The smallest absolute Gasteiger partial charge is 0.311 e. The molecule has 0 heterocycles. The number of aliphatic carboxylic acids is 1. The molecule has 0 aliphatic heterocycles. The van der Waals surface area contributed by atoms with E-state index in [1.54, 1.807) is 0 Å². The van der Waals surface area contributed by atoms with Crippen LogP contribution >= 0.6 is 0 Å². The van der Waals surface area contributed by atoms with Crippen molar-refractivity contribution in [3.63, 3.8) is 0 Å². The Bertz CT molecular complexity index is 852. The van der Waals surface area contributed by atoms with Crippen LogP contribution in [-0.2, 0) is 9.59 Å². The van der Waals surface area contributed by atoms with Gasteiger partial charge in [0.2, 0.25) is 0 Å². The van der Waals surface area contributed by atoms with Crippen LogP contribution in [0.15, 0.2) is 48.1 Å². The van der Waals surface area contributed by atoms with Crippen LogP contribution in [0.2, 0.25) is 0 Å². The molecule has 0 aromatic heterocycles. The number of Topliss-reactive ketones (excluding diaryl/α,β-unsaturated/α-hetero) is 1. The van der Waals surface area contributed by atoms with Crippen molar-refractivity contribution >= 4 is 17.8 Å². The number of fused-ring (bicyclic) bond motifs is 1. The van der Waals surface area contributed by atoms with Crippen molar-refractivity contribution < 1.29 is 14.7 Å². The second-order valence-electron chi connectivity index (χ2n) is 9.10. The van der Waals surface area contributed by atoms with E-state index >= 15 is 0 Å². The van der Waals surface area contributed by atoms with E-state index < -0.39 is 16.8 Å². The number of ketones is 1. The number of carbonyl (C=O) groups is 2. The molecule has 3 rings (SSSR count). The van der Waals surface area contributed by atoms with Gasteiger partial charge >= 0.3 is 5.97 Å². The second-order valence-corrected chi connectivity index (χ2v) is 9.10. The highest BCUT2D eigenvalue weighted by Gasteiger charge is 2.67. The molecule has 1 fully saturated rings. The van der Waals surface area contributed by atoms with E-state index in [2.05, 4.69) is 39.0 Å². The van der Waals surface area contributed by atoms with Gasteiger partial charge in [-0.2, -0.15) is 0 Å². The van der Waals surface area contributed by atoms with Crippen LogP contribution in [-0.4, -0.2) is 16.9 Å². The van der Waals surface area contributed by atoms with Crippen molar-refractivity contribution in [2.45, 2.75) is 60.3 Å². The quantitative estimate of drug-likeness (QED) is 0.531. The highest BCUT2D eigenvalue weighted by atomic mass is 16.4. The number of benzene rings is 1. The molecule has 1 aromatic rings. The summed E-state index contributed by atoms with van der Waals surface area (Å²) in [5.74, 6) is -0.926. The minimum absolute atomic E-state index is 0.0448. The van der Waals surface area contributed by atoms with Gasteiger partial charge in [-0.15, -0.1) is 0 Å². The van der Waals surface area contributed by atoms with Gasteiger partial charge in [-0.05, 0) is 43.1 Å². The Balaban J connectivity index is 2.29. The average molecular weight is 409 g/mol. The number of allylic oxidation sites excluding steroid dienone is 3. The third-order valence-electron chi connectivity index (χ3n) is 8.19. The van der Waals surface area contributed by atoms with E-state index in [0.717, 1.165) is 18.4 Å². The van der Waals surface area contributed by atoms with E-state index in [1.165, 1.54) is 5.57 Å². The fourth-order valence-corrected chi connectivity index (χ4v) is 6.73. The van der Waals surface area contributed by atoms with Gasteiger partial charge in [-0.25, -0.2) is 0 Å². The van der Waals surface area contributed by atoms with Crippen LogP contribution in [0.1, 0.15) is 65.9 Å². The zero-order chi connectivity index (χ0) is 22.1. The van der Waals surface area contributed by atoms with Gasteiger partial charge in [-0.1, -0.05) is 88.8 Å². The normalized spacial score (nSPS) is 36.0. The monoisotopic (exact) mass is 408 g/mol. The SMILES string of the molecule is CCC1=C[C@@](/C=C/c2ccccc2)(CC)[C@@](CC)(C(=O)O)[C@H]2[C@H]1[C@@H](CC)C(=O)[C@@H]2C. The molecule has 2 aliphatic rings. The largest absolute Gasteiger partial charge is 0.481 e. The molecule has 1 N–H and O–H groups in total. The van der Waals surface area contributed by atoms with Crippen LogP contribution < -0.4 is 0 Å². The predicted molar refractivity (Wildman–Crippen MR) is 122 cm³/mol. The number of carboxylic acid groups (broad SMARTS) is 1. The molecule has 3 nitrogen and oxygen atoms in total. The number of carboxylic acids is 1. The van der Waals surface area contributed by atoms with Crippen LogP contribution in [0.4, 0.5) is 0 Å². The third kappa shape index (κ3) is 3.09. The van der Waals surface area contributed by atoms with Crippen LogP contribution in [0.3, 0.4) is 0 Å². The summed E-state index contributed by atoms with van der Waals surface area (Å²) in [4.78, 5) is 26.3. The Morgan fingerprint density at radius 3 is 2.27 bits per heavy atom. The van der Waals surface area contributed by atoms with Crippen molar-refractivity contribution in [2.75, 3.05) is 0 Å². The Morgan fingerprint density at radius 1 is 1.10 bits per heavy atom. The maximum Gasteiger partial charge on any atom is 0.311 e. The van der Waals surface area contributed by atoms with Crippen LogP contribution in [0.25, 0.3) is 6.08 Å². The second kappa shape index (κ2) is 8.53. The molecule has 6 atom stereocenters. The molecule has 0 radical (unpaired) electrons. The van der Waals surface area contributed by atoms with Crippen molar-refractivity contribution in [3.8, 4) is 0 Å². The van der Waals surface area contributed by atoms with Gasteiger partial charge in [0.05, 0.1) is 5.41 Å². The fourth-order valence-electron chi connectivity index (χ4n) is 6.73. The van der Waals surface area contributed by atoms with Crippen LogP contribution in [0.5, 0.6) is 0 Å². The summed E-state index contributed by atoms with van der Waals surface area (Å²) in [5.41, 5.74) is 0.730. The van der Waals surface area contributed by atoms with E-state index in [9.17, 15) is 14.7 Å². The zero-order valence-electron chi connectivity index (χ0n) is 19.0. The van der Waals surface area contributed by atoms with E-state index in [1.807, 2.05) is 44.2 Å². The molecule has 3 heteroatoms. The van der Waals surface area contributed by atoms with Gasteiger partial charge in [0.15, 0.2) is 0 Å². The molecular formula is C27H36O3. The van der Waals surface area contributed by atoms with Crippen molar-refractivity contribution in [1.82, 2.24) is 0 Å². The predicted octanol–water partition coefficient (Wildman–Crippen LogP) is 6.40. The third-order valence-corrected chi connectivity index (χ3v) is 8.19. The molecule has 0 unspecified atom stereocenters. The maximum atomic E-state index is 13.2. The highest BCUT2D eigenvalue weighted by molar-refractivity contribution is 5.90. The molecule has 162 valence electrons. The van der Waals surface area contributed by atoms with Gasteiger partial charge < -0.3 is 5.11 Å². The summed E-state index contributed by atoms with van der Waals surface area (Å²) >= 11 is 0. The van der Waals surface area contributed by atoms with Gasteiger partial charge in [0, 0.05) is 17.3 Å². The standard InChI is InChI=1S/C27H36O3/c1-6-20-17-26(8-3,16-15-19-13-11-10-12-14-19)27(9-4,25(29)30)23-18(5)24(28)21(7-2)22(20)23/h10-18,21-23H,6-9H2,1-5H3,(H,29,30)/b16-15+/t18-,21-,22-,23-,26+,27-/m1/s1. The molecular weight excluding hydrogens is 372 g/mol. The molecule has 1 aromatic carbocycles. The van der Waals surface area contributed by atoms with E-state index in [4.69, 9.17) is 0 Å². The minimum Gasteiger partial charge on any atom is -0.481 e. The summed E-state index contributed by atoms with van der Waals surface area (Å²) in [6, 6.07) is 10.1. The Labute approximate surface area is 181 Å². The first-order valence-corrected chi connectivity index (χ1v) is 11.6. The zero-order valence-corrected chi connectivity index (χ0v) is 19.0. The lowest BCUT2D eigenvalue weighted by atomic mass is 9.46. The van der Waals surface area contributed by atoms with Gasteiger partial charge in [0.1, 0.15) is 5.78 Å². The van der Waals surface area contributed by atoms with E-state index in [-0.39, 0.29) is 29.5 Å². The Morgan fingerprint density at radius 2 is 1.77 bits per heavy atom. The first kappa shape index (κ1) is 22.5. The van der Waals surface area contributed by atoms with Crippen molar-refractivity contribution in [1.29, 1.82) is 0 Å². The van der Waals surface area contributed by atoms with Crippen molar-refractivity contribution in [3.05, 3.63) is 53.6 Å². The fraction of sp³-hybridized carbons (Fsp3) is 0.556. The molecule has 2 aliphatic carbocycles. The Kier molecular flexibility index (Phi) is 6.40. The summed E-state index contributed by atoms with van der Waals surface area (Å²) in [6.45, 7) is 10.3. The van der Waals surface area contributed by atoms with Crippen LogP contribution in [0, 0.1) is 34.5 Å². The average Bonchev–Trinajstić information content (AvgIpc) is 3.02. The lowest BCUT2D eigenvalue weighted by Gasteiger charge is -2.55. The summed E-state index contributed by atoms with van der Waals surface area (Å²) in [5, 5.41) is 10.7. The lowest BCUT2D eigenvalue weighted by Crippen LogP contribution is -2.56. The molecule has 0 amide bonds. The Hall–Kier alpha value is -2.16. The summed E-state index contributed by atoms with van der Waals surface area (Å²) in [6.07, 6.45) is 9.29. The minimum atomic E-state index is -0.991. The van der Waals surface area contributed by atoms with Gasteiger partial charge in [0.25, 0.3) is 0 Å². The molecule has 0 bridgehead atoms. The number of carbonyl (C=O) groups excluding carboxylic acids is 1.